The van der Waals surface area contributed by atoms with Crippen molar-refractivity contribution in [2.45, 2.75) is 19.8 Å². The van der Waals surface area contributed by atoms with E-state index in [1.165, 1.54) is 0 Å². The van der Waals surface area contributed by atoms with Gasteiger partial charge in [-0.2, -0.15) is 21.0 Å². The number of hydrogen-bond donors (Lipinski definition) is 0. The zero-order valence-corrected chi connectivity index (χ0v) is 12.8. The smallest absolute Gasteiger partial charge is 0.193 e. The molecule has 0 amide bonds. The van der Waals surface area contributed by atoms with Gasteiger partial charge in [-0.05, 0) is 37.4 Å². The molecule has 0 N–H and O–H groups in total. The minimum absolute atomic E-state index is 0.154. The first-order valence-corrected chi connectivity index (χ1v) is 7.45. The lowest BCUT2D eigenvalue weighted by atomic mass is 9.54. The molecule has 108 valence electrons. The highest BCUT2D eigenvalue weighted by Crippen LogP contribution is 2.85. The van der Waals surface area contributed by atoms with Crippen LogP contribution in [0.25, 0.3) is 0 Å². The van der Waals surface area contributed by atoms with E-state index in [4.69, 9.17) is 17.0 Å². The second-order valence-electron chi connectivity index (χ2n) is 6.03. The van der Waals surface area contributed by atoms with E-state index in [1.54, 1.807) is 19.1 Å². The average Bonchev–Trinajstić information content (AvgIpc) is 3.23. The van der Waals surface area contributed by atoms with Crippen molar-refractivity contribution in [3.05, 3.63) is 12.2 Å². The van der Waals surface area contributed by atoms with Crippen LogP contribution in [0.5, 0.6) is 0 Å². The third-order valence-electron chi connectivity index (χ3n) is 5.64. The Morgan fingerprint density at radius 1 is 1.18 bits per heavy atom. The van der Waals surface area contributed by atoms with E-state index in [0.29, 0.717) is 6.61 Å². The largest absolute Gasteiger partial charge is 0.486 e. The van der Waals surface area contributed by atoms with E-state index >= 15 is 0 Å². The summed E-state index contributed by atoms with van der Waals surface area (Å²) < 4.78 is 5.52. The maximum atomic E-state index is 9.85. The summed E-state index contributed by atoms with van der Waals surface area (Å²) >= 11 is 5.43. The Hall–Kier alpha value is -2.41. The van der Waals surface area contributed by atoms with Crippen molar-refractivity contribution in [3.63, 3.8) is 0 Å². The SMILES string of the molecule is CCOC(=S)[C@]12C=C[C@H](C(C#N)(C#N)C1(C#N)C#N)C21CC1. The number of rotatable bonds is 2. The molecule has 3 aliphatic carbocycles. The zero-order valence-electron chi connectivity index (χ0n) is 12.0. The van der Waals surface area contributed by atoms with Crippen LogP contribution in [0.4, 0.5) is 0 Å². The van der Waals surface area contributed by atoms with Gasteiger partial charge in [0, 0.05) is 5.92 Å². The lowest BCUT2D eigenvalue weighted by molar-refractivity contribution is 0.183. The first-order chi connectivity index (χ1) is 10.5. The Morgan fingerprint density at radius 3 is 2.18 bits per heavy atom. The minimum Gasteiger partial charge on any atom is -0.486 e. The van der Waals surface area contributed by atoms with Crippen molar-refractivity contribution in [2.24, 2.45) is 27.6 Å². The van der Waals surface area contributed by atoms with E-state index in [0.717, 1.165) is 12.8 Å². The highest BCUT2D eigenvalue weighted by Gasteiger charge is 2.90. The quantitative estimate of drug-likeness (QED) is 0.573. The summed E-state index contributed by atoms with van der Waals surface area (Å²) in [4.78, 5) is 0. The van der Waals surface area contributed by atoms with Gasteiger partial charge >= 0.3 is 0 Å². The molecule has 1 spiro atoms. The van der Waals surface area contributed by atoms with E-state index < -0.39 is 27.6 Å². The summed E-state index contributed by atoms with van der Waals surface area (Å²) in [6.45, 7) is 2.09. The predicted molar refractivity (Wildman–Crippen MR) is 78.3 cm³/mol. The highest BCUT2D eigenvalue weighted by molar-refractivity contribution is 7.80. The van der Waals surface area contributed by atoms with Crippen molar-refractivity contribution >= 4 is 17.3 Å². The van der Waals surface area contributed by atoms with Gasteiger partial charge in [-0.3, -0.25) is 0 Å². The number of nitriles is 4. The van der Waals surface area contributed by atoms with Crippen LogP contribution in [0, 0.1) is 72.9 Å². The molecule has 6 heteroatoms. The predicted octanol–water partition coefficient (Wildman–Crippen LogP) is 2.38. The molecule has 0 aromatic heterocycles. The average molecular weight is 308 g/mol. The number of hydrogen-bond acceptors (Lipinski definition) is 6. The Kier molecular flexibility index (Phi) is 2.69. The van der Waals surface area contributed by atoms with Crippen LogP contribution in [-0.4, -0.2) is 11.7 Å². The third-order valence-corrected chi connectivity index (χ3v) is 6.08. The summed E-state index contributed by atoms with van der Waals surface area (Å²) in [6.07, 6.45) is 5.00. The summed E-state index contributed by atoms with van der Waals surface area (Å²) in [5, 5.41) is 39.3. The fourth-order valence-electron chi connectivity index (χ4n) is 4.66. The maximum absolute atomic E-state index is 9.85. The molecule has 2 saturated carbocycles. The zero-order chi connectivity index (χ0) is 16.2. The molecule has 0 heterocycles. The number of thiocarbonyl (C=S) groups is 1. The van der Waals surface area contributed by atoms with Crippen LogP contribution in [0.2, 0.25) is 0 Å². The monoisotopic (exact) mass is 308 g/mol. The van der Waals surface area contributed by atoms with Gasteiger partial charge < -0.3 is 4.74 Å². The van der Waals surface area contributed by atoms with E-state index in [2.05, 4.69) is 0 Å². The Labute approximate surface area is 134 Å². The molecule has 3 aliphatic rings. The fraction of sp³-hybridized carbons (Fsp3) is 0.562. The Morgan fingerprint density at radius 2 is 1.77 bits per heavy atom. The van der Waals surface area contributed by atoms with Crippen molar-refractivity contribution in [1.82, 2.24) is 0 Å². The number of nitrogens with zero attached hydrogens (tertiary/aromatic N) is 4. The van der Waals surface area contributed by atoms with E-state index in [9.17, 15) is 21.0 Å². The minimum atomic E-state index is -1.84. The summed E-state index contributed by atoms with van der Waals surface area (Å²) in [6, 6.07) is 8.00. The van der Waals surface area contributed by atoms with Crippen molar-refractivity contribution in [1.29, 1.82) is 21.0 Å². The molecule has 3 rings (SSSR count). The molecule has 2 fully saturated rings. The van der Waals surface area contributed by atoms with E-state index in [-0.39, 0.29) is 5.05 Å². The van der Waals surface area contributed by atoms with Crippen LogP contribution in [0.3, 0.4) is 0 Å². The molecule has 0 aromatic rings. The molecule has 0 unspecified atom stereocenters. The molecule has 5 nitrogen and oxygen atoms in total. The van der Waals surface area contributed by atoms with Crippen LogP contribution < -0.4 is 0 Å². The number of ether oxygens (including phenoxy) is 1. The topological polar surface area (TPSA) is 104 Å². The van der Waals surface area contributed by atoms with Crippen molar-refractivity contribution in [2.75, 3.05) is 6.61 Å². The Balaban J connectivity index is 2.39. The normalized spacial score (nSPS) is 33.2. The summed E-state index contributed by atoms with van der Waals surface area (Å²) in [7, 11) is 0. The molecule has 0 aromatic carbocycles. The van der Waals surface area contributed by atoms with Crippen LogP contribution in [-0.2, 0) is 4.74 Å². The Bertz CT molecular complexity index is 740. The third kappa shape index (κ3) is 1.03. The molecule has 0 saturated heterocycles. The van der Waals surface area contributed by atoms with Gasteiger partial charge in [0.15, 0.2) is 15.9 Å². The van der Waals surface area contributed by atoms with Gasteiger partial charge in [0.2, 0.25) is 0 Å². The molecule has 2 bridgehead atoms. The highest BCUT2D eigenvalue weighted by atomic mass is 32.1. The second kappa shape index (κ2) is 4.07. The van der Waals surface area contributed by atoms with Gasteiger partial charge in [-0.1, -0.05) is 12.2 Å². The van der Waals surface area contributed by atoms with Gasteiger partial charge in [0.05, 0.1) is 36.3 Å². The maximum Gasteiger partial charge on any atom is 0.193 e. The molecule has 22 heavy (non-hydrogen) atoms. The molecule has 0 radical (unpaired) electrons. The molecular formula is C16H12N4OS. The van der Waals surface area contributed by atoms with Gasteiger partial charge in [0.25, 0.3) is 0 Å². The summed E-state index contributed by atoms with van der Waals surface area (Å²) in [5.74, 6) is -0.465. The molecular weight excluding hydrogens is 296 g/mol. The molecule has 0 aliphatic heterocycles. The van der Waals surface area contributed by atoms with Gasteiger partial charge in [0.1, 0.15) is 0 Å². The van der Waals surface area contributed by atoms with E-state index in [1.807, 2.05) is 24.3 Å². The van der Waals surface area contributed by atoms with Crippen LogP contribution in [0.1, 0.15) is 19.8 Å². The first kappa shape index (κ1) is 14.5. The second-order valence-corrected chi connectivity index (χ2v) is 6.40. The standard InChI is InChI=1S/C16H12N4OS/c1-2-21-12(22)16-4-3-11(13(16)5-6-13)14(7-17,8-18)15(16,9-19)10-20/h3-4,11H,2,5-6H2,1H3/t11-,16-/m0/s1. The van der Waals surface area contributed by atoms with Crippen LogP contribution in [0.15, 0.2) is 12.2 Å². The van der Waals surface area contributed by atoms with Gasteiger partial charge in [-0.25, -0.2) is 0 Å². The lowest BCUT2D eigenvalue weighted by Crippen LogP contribution is -2.51. The lowest BCUT2D eigenvalue weighted by Gasteiger charge is -2.40. The summed E-state index contributed by atoms with van der Waals surface area (Å²) in [5.41, 5.74) is -5.23. The van der Waals surface area contributed by atoms with Crippen molar-refractivity contribution < 1.29 is 4.74 Å². The first-order valence-electron chi connectivity index (χ1n) is 7.04. The fourth-order valence-corrected chi connectivity index (χ4v) is 5.20. The number of allylic oxidation sites excluding steroid dienone is 1. The van der Waals surface area contributed by atoms with Crippen LogP contribution >= 0.6 is 12.2 Å². The molecule has 2 atom stereocenters. The van der Waals surface area contributed by atoms with Gasteiger partial charge in [-0.15, -0.1) is 0 Å². The van der Waals surface area contributed by atoms with Crippen molar-refractivity contribution in [3.8, 4) is 24.3 Å².